The molecule has 0 saturated carbocycles. The zero-order valence-electron chi connectivity index (χ0n) is 10.3. The van der Waals surface area contributed by atoms with Crippen LogP contribution in [0, 0.1) is 11.3 Å². The number of hydrogen-bond acceptors (Lipinski definition) is 4. The summed E-state index contributed by atoms with van der Waals surface area (Å²) < 4.78 is 1.77. The Morgan fingerprint density at radius 3 is 2.83 bits per heavy atom. The van der Waals surface area contributed by atoms with Crippen LogP contribution in [0.1, 0.15) is 12.8 Å². The molecule has 0 aromatic carbocycles. The lowest BCUT2D eigenvalue weighted by molar-refractivity contribution is -0.531. The quantitative estimate of drug-likeness (QED) is 0.505. The van der Waals surface area contributed by atoms with Gasteiger partial charge in [0.25, 0.3) is 24.1 Å². The normalized spacial score (nSPS) is 22.6. The van der Waals surface area contributed by atoms with Crippen LogP contribution >= 0.6 is 0 Å². The van der Waals surface area contributed by atoms with Crippen LogP contribution in [0.2, 0.25) is 0 Å². The van der Waals surface area contributed by atoms with Crippen LogP contribution < -0.4 is 0 Å². The van der Waals surface area contributed by atoms with Gasteiger partial charge in [0.05, 0.1) is 12.6 Å². The standard InChI is InChI=1S/C11H14N5O2/c1-14-9-8(10(17)15(2)11(14)18)16(7-13-9)6-4-3-5-12/h7-8H,3-4,6H2,1-2H3/q+1. The molecule has 1 fully saturated rings. The highest BCUT2D eigenvalue weighted by Gasteiger charge is 2.50. The molecule has 18 heavy (non-hydrogen) atoms. The van der Waals surface area contributed by atoms with Crippen molar-refractivity contribution in [1.82, 2.24) is 9.80 Å². The van der Waals surface area contributed by atoms with Gasteiger partial charge in [0.1, 0.15) is 0 Å². The number of unbranched alkanes of at least 4 members (excludes halogenated alkanes) is 1. The third-order valence-corrected chi connectivity index (χ3v) is 3.10. The van der Waals surface area contributed by atoms with Gasteiger partial charge in [-0.3, -0.25) is 14.6 Å². The summed E-state index contributed by atoms with van der Waals surface area (Å²) in [6, 6.07) is 1.16. The lowest BCUT2D eigenvalue weighted by Gasteiger charge is -2.30. The molecule has 0 radical (unpaired) electrons. The van der Waals surface area contributed by atoms with E-state index in [0.717, 1.165) is 4.90 Å². The number of carbonyl (C=O) groups is 2. The Morgan fingerprint density at radius 1 is 1.44 bits per heavy atom. The molecular formula is C11H14N5O2+. The van der Waals surface area contributed by atoms with Crippen LogP contribution in [0.25, 0.3) is 0 Å². The number of fused-ring (bicyclic) bond motifs is 1. The zero-order valence-corrected chi connectivity index (χ0v) is 10.3. The van der Waals surface area contributed by atoms with Crippen LogP contribution in [0.3, 0.4) is 0 Å². The van der Waals surface area contributed by atoms with E-state index in [2.05, 4.69) is 11.1 Å². The highest BCUT2D eigenvalue weighted by atomic mass is 16.2. The summed E-state index contributed by atoms with van der Waals surface area (Å²) in [5.74, 6) is 0.183. The van der Waals surface area contributed by atoms with Crippen molar-refractivity contribution in [3.05, 3.63) is 0 Å². The van der Waals surface area contributed by atoms with E-state index in [9.17, 15) is 9.59 Å². The first-order valence-corrected chi connectivity index (χ1v) is 5.67. The summed E-state index contributed by atoms with van der Waals surface area (Å²) in [4.78, 5) is 30.4. The fourth-order valence-corrected chi connectivity index (χ4v) is 2.07. The molecule has 1 saturated heterocycles. The molecule has 0 N–H and O–H groups in total. The third-order valence-electron chi connectivity index (χ3n) is 3.10. The first-order valence-electron chi connectivity index (χ1n) is 5.67. The zero-order chi connectivity index (χ0) is 13.3. The lowest BCUT2D eigenvalue weighted by atomic mass is 10.1. The maximum Gasteiger partial charge on any atom is 0.333 e. The van der Waals surface area contributed by atoms with Gasteiger partial charge in [0, 0.05) is 20.5 Å². The number of carbonyl (C=O) groups excluding carboxylic acids is 2. The molecule has 94 valence electrons. The number of imide groups is 1. The molecule has 1 atom stereocenters. The van der Waals surface area contributed by atoms with Crippen LogP contribution in [-0.2, 0) is 4.79 Å². The predicted octanol–water partition coefficient (Wildman–Crippen LogP) is -0.365. The molecule has 0 spiro atoms. The van der Waals surface area contributed by atoms with Gasteiger partial charge in [-0.25, -0.2) is 9.37 Å². The SMILES string of the molecule is CN1C(=O)C2C(=NC=[N+]2CCCC#N)N(C)C1=O. The lowest BCUT2D eigenvalue weighted by Crippen LogP contribution is -2.61. The van der Waals surface area contributed by atoms with Crippen molar-refractivity contribution in [2.45, 2.75) is 18.9 Å². The molecular weight excluding hydrogens is 234 g/mol. The molecule has 3 amide bonds. The van der Waals surface area contributed by atoms with E-state index in [1.807, 2.05) is 0 Å². The highest BCUT2D eigenvalue weighted by molar-refractivity contribution is 6.21. The average Bonchev–Trinajstić information content (AvgIpc) is 2.78. The topological polar surface area (TPSA) is 79.8 Å². The van der Waals surface area contributed by atoms with Crippen molar-refractivity contribution in [2.24, 2.45) is 4.99 Å². The van der Waals surface area contributed by atoms with Crippen molar-refractivity contribution < 1.29 is 14.2 Å². The molecule has 0 aliphatic carbocycles. The van der Waals surface area contributed by atoms with Crippen molar-refractivity contribution in [1.29, 1.82) is 5.26 Å². The Balaban J connectivity index is 2.16. The minimum absolute atomic E-state index is 0.275. The Kier molecular flexibility index (Phi) is 3.10. The van der Waals surface area contributed by atoms with Crippen LogP contribution in [-0.4, -0.2) is 65.2 Å². The van der Waals surface area contributed by atoms with E-state index in [1.54, 1.807) is 18.0 Å². The summed E-state index contributed by atoms with van der Waals surface area (Å²) in [5.41, 5.74) is 0. The number of aliphatic imine (C=N–C) groups is 1. The van der Waals surface area contributed by atoms with Crippen molar-refractivity contribution in [2.75, 3.05) is 20.6 Å². The monoisotopic (exact) mass is 248 g/mol. The van der Waals surface area contributed by atoms with E-state index in [-0.39, 0.29) is 11.9 Å². The Labute approximate surface area is 105 Å². The fourth-order valence-electron chi connectivity index (χ4n) is 2.07. The fraction of sp³-hybridized carbons (Fsp3) is 0.545. The van der Waals surface area contributed by atoms with Gasteiger partial charge in [-0.05, 0) is 11.4 Å². The van der Waals surface area contributed by atoms with Gasteiger partial charge in [0.15, 0.2) is 0 Å². The molecule has 7 heteroatoms. The third kappa shape index (κ3) is 1.76. The molecule has 2 heterocycles. The average molecular weight is 248 g/mol. The summed E-state index contributed by atoms with van der Waals surface area (Å²) in [6.45, 7) is 0.576. The minimum Gasteiger partial charge on any atom is -0.269 e. The number of urea groups is 1. The molecule has 0 aromatic heterocycles. The molecule has 2 aliphatic rings. The van der Waals surface area contributed by atoms with E-state index in [1.165, 1.54) is 11.9 Å². The smallest absolute Gasteiger partial charge is 0.269 e. The summed E-state index contributed by atoms with van der Waals surface area (Å²) >= 11 is 0. The summed E-state index contributed by atoms with van der Waals surface area (Å²) in [6.07, 6.45) is 2.67. The molecule has 0 bridgehead atoms. The molecule has 2 aliphatic heterocycles. The van der Waals surface area contributed by atoms with E-state index >= 15 is 0 Å². The van der Waals surface area contributed by atoms with Gasteiger partial charge in [-0.1, -0.05) is 0 Å². The first kappa shape index (κ1) is 12.2. The van der Waals surface area contributed by atoms with Gasteiger partial charge in [-0.15, -0.1) is 0 Å². The minimum atomic E-state index is -0.531. The summed E-state index contributed by atoms with van der Waals surface area (Å²) in [5, 5.41) is 8.51. The Hall–Kier alpha value is -2.23. The Bertz CT molecular complexity index is 502. The summed E-state index contributed by atoms with van der Waals surface area (Å²) in [7, 11) is 3.06. The van der Waals surface area contributed by atoms with Crippen LogP contribution in [0.4, 0.5) is 4.79 Å². The Morgan fingerprint density at radius 2 is 2.17 bits per heavy atom. The van der Waals surface area contributed by atoms with Crippen molar-refractivity contribution >= 4 is 24.1 Å². The number of amidine groups is 1. The van der Waals surface area contributed by atoms with Gasteiger partial charge in [-0.2, -0.15) is 5.26 Å². The van der Waals surface area contributed by atoms with E-state index in [4.69, 9.17) is 5.26 Å². The highest BCUT2D eigenvalue weighted by Crippen LogP contribution is 2.16. The number of nitriles is 1. The maximum absolute atomic E-state index is 12.1. The van der Waals surface area contributed by atoms with Gasteiger partial charge >= 0.3 is 6.03 Å². The number of hydrogen-bond donors (Lipinski definition) is 0. The predicted molar refractivity (Wildman–Crippen MR) is 63.2 cm³/mol. The number of nitrogens with zero attached hydrogens (tertiary/aromatic N) is 5. The maximum atomic E-state index is 12.1. The largest absolute Gasteiger partial charge is 0.333 e. The number of rotatable bonds is 3. The first-order chi connectivity index (χ1) is 8.57. The van der Waals surface area contributed by atoms with Crippen molar-refractivity contribution in [3.8, 4) is 6.07 Å². The van der Waals surface area contributed by atoms with Crippen LogP contribution in [0.15, 0.2) is 4.99 Å². The van der Waals surface area contributed by atoms with Crippen LogP contribution in [0.5, 0.6) is 0 Å². The molecule has 1 unspecified atom stereocenters. The number of likely N-dealkylation sites (N-methyl/N-ethyl adjacent to an activating group) is 2. The second-order valence-electron chi connectivity index (χ2n) is 4.24. The molecule has 0 aromatic rings. The molecule has 7 nitrogen and oxygen atoms in total. The second-order valence-corrected chi connectivity index (χ2v) is 4.24. The van der Waals surface area contributed by atoms with Gasteiger partial charge < -0.3 is 0 Å². The number of amides is 3. The van der Waals surface area contributed by atoms with E-state index < -0.39 is 6.04 Å². The second kappa shape index (κ2) is 4.56. The van der Waals surface area contributed by atoms with Gasteiger partial charge in [0.2, 0.25) is 0 Å². The molecule has 2 rings (SSSR count). The van der Waals surface area contributed by atoms with Crippen molar-refractivity contribution in [3.63, 3.8) is 0 Å². The van der Waals surface area contributed by atoms with E-state index in [0.29, 0.717) is 25.2 Å².